The maximum Gasteiger partial charge on any atom is 0.159 e. The van der Waals surface area contributed by atoms with E-state index in [0.29, 0.717) is 28.5 Å². The minimum Gasteiger partial charge on any atom is -0.397 e. The van der Waals surface area contributed by atoms with Crippen molar-refractivity contribution in [2.24, 2.45) is 0 Å². The molecule has 94 valence electrons. The predicted molar refractivity (Wildman–Crippen MR) is 69.5 cm³/mol. The highest BCUT2D eigenvalue weighted by Gasteiger charge is 2.06. The molecule has 0 aliphatic carbocycles. The van der Waals surface area contributed by atoms with Crippen molar-refractivity contribution in [3.8, 4) is 0 Å². The molecule has 0 fully saturated rings. The zero-order chi connectivity index (χ0) is 13.1. The van der Waals surface area contributed by atoms with Crippen LogP contribution in [0.4, 0.5) is 20.2 Å². The van der Waals surface area contributed by atoms with Gasteiger partial charge in [-0.2, -0.15) is 0 Å². The fourth-order valence-corrected chi connectivity index (χ4v) is 1.82. The molecule has 0 aromatic heterocycles. The summed E-state index contributed by atoms with van der Waals surface area (Å²) in [5.41, 5.74) is 7.46. The summed E-state index contributed by atoms with van der Waals surface area (Å²) in [5.74, 6) is -1.74. The van der Waals surface area contributed by atoms with E-state index in [4.69, 9.17) is 17.3 Å². The molecule has 0 spiro atoms. The first-order valence-corrected chi connectivity index (χ1v) is 5.67. The molecule has 0 atom stereocenters. The van der Waals surface area contributed by atoms with Crippen LogP contribution >= 0.6 is 11.6 Å². The number of benzene rings is 2. The van der Waals surface area contributed by atoms with Crippen LogP contribution in [0.1, 0.15) is 5.56 Å². The molecule has 2 aromatic carbocycles. The topological polar surface area (TPSA) is 38.0 Å². The predicted octanol–water partition coefficient (Wildman–Crippen LogP) is 3.81. The van der Waals surface area contributed by atoms with Crippen LogP contribution in [0.5, 0.6) is 0 Å². The molecule has 3 N–H and O–H groups in total. The molecule has 0 amide bonds. The van der Waals surface area contributed by atoms with Gasteiger partial charge < -0.3 is 11.1 Å². The van der Waals surface area contributed by atoms with Gasteiger partial charge in [-0.1, -0.05) is 23.7 Å². The number of para-hydroxylation sites is 1. The summed E-state index contributed by atoms with van der Waals surface area (Å²) < 4.78 is 25.8. The number of halogens is 3. The second-order valence-electron chi connectivity index (χ2n) is 3.81. The molecule has 18 heavy (non-hydrogen) atoms. The Morgan fingerprint density at radius 3 is 2.56 bits per heavy atom. The van der Waals surface area contributed by atoms with Gasteiger partial charge in [0.1, 0.15) is 0 Å². The summed E-state index contributed by atoms with van der Waals surface area (Å²) in [6, 6.07) is 8.86. The molecular weight excluding hydrogens is 258 g/mol. The fraction of sp³-hybridized carbons (Fsp3) is 0.0769. The Balaban J connectivity index is 2.14. The van der Waals surface area contributed by atoms with Crippen molar-refractivity contribution in [2.45, 2.75) is 6.54 Å². The first kappa shape index (κ1) is 12.6. The van der Waals surface area contributed by atoms with E-state index in [-0.39, 0.29) is 0 Å². The van der Waals surface area contributed by atoms with Crippen LogP contribution in [0.3, 0.4) is 0 Å². The molecule has 0 saturated heterocycles. The molecule has 0 heterocycles. The first-order valence-electron chi connectivity index (χ1n) is 5.29. The minimum absolute atomic E-state index is 0.311. The van der Waals surface area contributed by atoms with E-state index in [2.05, 4.69) is 5.32 Å². The number of nitrogen functional groups attached to an aromatic ring is 1. The average molecular weight is 269 g/mol. The SMILES string of the molecule is Nc1cccc(Cl)c1NCc1ccc(F)c(F)c1. The van der Waals surface area contributed by atoms with Crippen LogP contribution in [0.15, 0.2) is 36.4 Å². The van der Waals surface area contributed by atoms with Crippen LogP contribution in [-0.4, -0.2) is 0 Å². The molecule has 2 rings (SSSR count). The number of anilines is 2. The number of nitrogens with two attached hydrogens (primary N) is 1. The van der Waals surface area contributed by atoms with Crippen molar-refractivity contribution in [1.82, 2.24) is 0 Å². The Morgan fingerprint density at radius 1 is 1.11 bits per heavy atom. The molecule has 0 aliphatic rings. The van der Waals surface area contributed by atoms with Crippen molar-refractivity contribution in [3.63, 3.8) is 0 Å². The lowest BCUT2D eigenvalue weighted by Gasteiger charge is -2.11. The normalized spacial score (nSPS) is 10.4. The van der Waals surface area contributed by atoms with Gasteiger partial charge in [0.15, 0.2) is 11.6 Å². The van der Waals surface area contributed by atoms with Gasteiger partial charge in [-0.05, 0) is 29.8 Å². The maximum atomic E-state index is 13.0. The zero-order valence-electron chi connectivity index (χ0n) is 9.38. The molecule has 0 unspecified atom stereocenters. The number of rotatable bonds is 3. The molecule has 0 saturated carbocycles. The molecule has 0 radical (unpaired) electrons. The minimum atomic E-state index is -0.874. The van der Waals surface area contributed by atoms with Crippen LogP contribution in [0, 0.1) is 11.6 Å². The highest BCUT2D eigenvalue weighted by Crippen LogP contribution is 2.28. The van der Waals surface area contributed by atoms with Crippen LogP contribution < -0.4 is 11.1 Å². The lowest BCUT2D eigenvalue weighted by Crippen LogP contribution is -2.03. The second kappa shape index (κ2) is 5.23. The molecule has 2 nitrogen and oxygen atoms in total. The Morgan fingerprint density at radius 2 is 1.89 bits per heavy atom. The van der Waals surface area contributed by atoms with Gasteiger partial charge in [0.25, 0.3) is 0 Å². The smallest absolute Gasteiger partial charge is 0.159 e. The van der Waals surface area contributed by atoms with E-state index in [1.54, 1.807) is 18.2 Å². The fourth-order valence-electron chi connectivity index (χ4n) is 1.57. The van der Waals surface area contributed by atoms with Crippen LogP contribution in [-0.2, 0) is 6.54 Å². The summed E-state index contributed by atoms with van der Waals surface area (Å²) in [5, 5.41) is 3.48. The van der Waals surface area contributed by atoms with Gasteiger partial charge in [-0.25, -0.2) is 8.78 Å². The standard InChI is InChI=1S/C13H11ClF2N2/c14-9-2-1-3-12(17)13(9)18-7-8-4-5-10(15)11(16)6-8/h1-6,18H,7,17H2. The quantitative estimate of drug-likeness (QED) is 0.831. The van der Waals surface area contributed by atoms with Crippen molar-refractivity contribution < 1.29 is 8.78 Å². The van der Waals surface area contributed by atoms with Gasteiger partial charge in [0, 0.05) is 6.54 Å². The first-order chi connectivity index (χ1) is 8.58. The van der Waals surface area contributed by atoms with Crippen molar-refractivity contribution in [2.75, 3.05) is 11.1 Å². The van der Waals surface area contributed by atoms with E-state index in [0.717, 1.165) is 12.1 Å². The van der Waals surface area contributed by atoms with E-state index >= 15 is 0 Å². The Kier molecular flexibility index (Phi) is 3.67. The number of hydrogen-bond acceptors (Lipinski definition) is 2. The number of nitrogens with one attached hydrogen (secondary N) is 1. The van der Waals surface area contributed by atoms with E-state index in [9.17, 15) is 8.78 Å². The third-order valence-electron chi connectivity index (χ3n) is 2.50. The summed E-state index contributed by atoms with van der Waals surface area (Å²) in [4.78, 5) is 0. The van der Waals surface area contributed by atoms with Crippen LogP contribution in [0.25, 0.3) is 0 Å². The van der Waals surface area contributed by atoms with Crippen molar-refractivity contribution in [3.05, 3.63) is 58.6 Å². The lowest BCUT2D eigenvalue weighted by molar-refractivity contribution is 0.507. The highest BCUT2D eigenvalue weighted by atomic mass is 35.5. The van der Waals surface area contributed by atoms with E-state index in [1.165, 1.54) is 6.07 Å². The van der Waals surface area contributed by atoms with Gasteiger partial charge in [-0.15, -0.1) is 0 Å². The second-order valence-corrected chi connectivity index (χ2v) is 4.21. The summed E-state index contributed by atoms with van der Waals surface area (Å²) >= 11 is 5.98. The van der Waals surface area contributed by atoms with Gasteiger partial charge >= 0.3 is 0 Å². The average Bonchev–Trinajstić information content (AvgIpc) is 2.33. The largest absolute Gasteiger partial charge is 0.397 e. The van der Waals surface area contributed by atoms with Gasteiger partial charge in [0.2, 0.25) is 0 Å². The molecule has 0 bridgehead atoms. The van der Waals surface area contributed by atoms with Crippen molar-refractivity contribution >= 4 is 23.0 Å². The lowest BCUT2D eigenvalue weighted by atomic mass is 10.2. The molecule has 2 aromatic rings. The Hall–Kier alpha value is -1.81. The monoisotopic (exact) mass is 268 g/mol. The number of hydrogen-bond donors (Lipinski definition) is 2. The summed E-state index contributed by atoms with van der Waals surface area (Å²) in [6.45, 7) is 0.311. The third-order valence-corrected chi connectivity index (χ3v) is 2.81. The third kappa shape index (κ3) is 2.71. The molecule has 5 heteroatoms. The van der Waals surface area contributed by atoms with Gasteiger partial charge in [-0.3, -0.25) is 0 Å². The Bertz CT molecular complexity index is 553. The maximum absolute atomic E-state index is 13.0. The molecular formula is C13H11ClF2N2. The zero-order valence-corrected chi connectivity index (χ0v) is 10.1. The van der Waals surface area contributed by atoms with Crippen molar-refractivity contribution in [1.29, 1.82) is 0 Å². The van der Waals surface area contributed by atoms with E-state index < -0.39 is 11.6 Å². The Labute approximate surface area is 108 Å². The van der Waals surface area contributed by atoms with E-state index in [1.807, 2.05) is 0 Å². The molecule has 0 aliphatic heterocycles. The highest BCUT2D eigenvalue weighted by molar-refractivity contribution is 6.33. The van der Waals surface area contributed by atoms with Gasteiger partial charge in [0.05, 0.1) is 16.4 Å². The van der Waals surface area contributed by atoms with Crippen LogP contribution in [0.2, 0.25) is 5.02 Å². The summed E-state index contributed by atoms with van der Waals surface area (Å²) in [6.07, 6.45) is 0. The summed E-state index contributed by atoms with van der Waals surface area (Å²) in [7, 11) is 0.